The Balaban J connectivity index is 2.06. The monoisotopic (exact) mass is 285 g/mol. The van der Waals surface area contributed by atoms with Gasteiger partial charge in [0.25, 0.3) is 0 Å². The summed E-state index contributed by atoms with van der Waals surface area (Å²) < 4.78 is 0. The molecule has 112 valence electrons. The maximum Gasteiger partial charge on any atom is 0.240 e. The Bertz CT molecular complexity index is 533. The van der Waals surface area contributed by atoms with Crippen LogP contribution in [0.1, 0.15) is 19.4 Å². The van der Waals surface area contributed by atoms with Gasteiger partial charge in [0, 0.05) is 25.2 Å². The van der Waals surface area contributed by atoms with E-state index in [1.54, 1.807) is 0 Å². The van der Waals surface area contributed by atoms with Gasteiger partial charge < -0.3 is 4.90 Å². The van der Waals surface area contributed by atoms with Crippen molar-refractivity contribution in [2.45, 2.75) is 25.8 Å². The lowest BCUT2D eigenvalue weighted by Gasteiger charge is -2.45. The van der Waals surface area contributed by atoms with Gasteiger partial charge in [-0.1, -0.05) is 30.3 Å². The molecule has 0 aliphatic carbocycles. The zero-order valence-corrected chi connectivity index (χ0v) is 13.0. The van der Waals surface area contributed by atoms with E-state index in [-0.39, 0.29) is 11.4 Å². The van der Waals surface area contributed by atoms with Gasteiger partial charge in [0.15, 0.2) is 0 Å². The summed E-state index contributed by atoms with van der Waals surface area (Å²) >= 11 is 0. The molecular weight excluding hydrogens is 262 g/mol. The van der Waals surface area contributed by atoms with Crippen LogP contribution in [0.15, 0.2) is 30.3 Å². The Hall–Kier alpha value is -1.86. The van der Waals surface area contributed by atoms with Crippen LogP contribution in [0.5, 0.6) is 0 Å². The van der Waals surface area contributed by atoms with Crippen molar-refractivity contribution in [3.63, 3.8) is 0 Å². The molecule has 0 saturated carbocycles. The number of hydrogen-bond donors (Lipinski definition) is 0. The van der Waals surface area contributed by atoms with E-state index in [2.05, 4.69) is 31.9 Å². The first-order chi connectivity index (χ1) is 9.94. The van der Waals surface area contributed by atoms with Crippen molar-refractivity contribution in [1.82, 2.24) is 9.80 Å². The van der Waals surface area contributed by atoms with Gasteiger partial charge >= 0.3 is 0 Å². The normalized spacial score (nSPS) is 19.8. The van der Waals surface area contributed by atoms with Crippen LogP contribution in [0.25, 0.3) is 0 Å². The molecule has 1 aromatic rings. The lowest BCUT2D eigenvalue weighted by atomic mass is 9.95. The van der Waals surface area contributed by atoms with Gasteiger partial charge in [-0.2, -0.15) is 5.26 Å². The molecule has 1 heterocycles. The number of carbonyl (C=O) groups is 1. The highest BCUT2D eigenvalue weighted by atomic mass is 16.2. The van der Waals surface area contributed by atoms with Crippen molar-refractivity contribution >= 4 is 5.91 Å². The number of benzene rings is 1. The zero-order valence-electron chi connectivity index (χ0n) is 13.0. The number of carbonyl (C=O) groups excluding carboxylic acids is 1. The van der Waals surface area contributed by atoms with Crippen LogP contribution in [-0.2, 0) is 11.2 Å². The fourth-order valence-electron chi connectivity index (χ4n) is 2.69. The highest BCUT2D eigenvalue weighted by Crippen LogP contribution is 2.21. The maximum absolute atomic E-state index is 12.6. The number of nitriles is 1. The second-order valence-corrected chi connectivity index (χ2v) is 6.37. The minimum absolute atomic E-state index is 0.0393. The Labute approximate surface area is 127 Å². The van der Waals surface area contributed by atoms with Gasteiger partial charge in [-0.25, -0.2) is 0 Å². The summed E-state index contributed by atoms with van der Waals surface area (Å²) in [6.07, 6.45) is 0.489. The van der Waals surface area contributed by atoms with Crippen LogP contribution in [0.2, 0.25) is 0 Å². The third-order valence-corrected chi connectivity index (χ3v) is 4.36. The molecule has 2 rings (SSSR count). The largest absolute Gasteiger partial charge is 0.338 e. The molecular formula is C17H23N3O. The summed E-state index contributed by atoms with van der Waals surface area (Å²) in [6, 6.07) is 11.9. The van der Waals surface area contributed by atoms with Gasteiger partial charge in [-0.05, 0) is 32.9 Å². The maximum atomic E-state index is 12.6. The molecule has 21 heavy (non-hydrogen) atoms. The van der Waals surface area contributed by atoms with Crippen LogP contribution in [-0.4, -0.2) is 47.9 Å². The molecule has 0 radical (unpaired) electrons. The molecule has 4 nitrogen and oxygen atoms in total. The number of nitrogens with zero attached hydrogens (tertiary/aromatic N) is 3. The SMILES string of the molecule is CN1CCN(C(=O)C(C#N)Cc2ccccc2)CC1(C)C. The van der Waals surface area contributed by atoms with Gasteiger partial charge in [0.2, 0.25) is 5.91 Å². The van der Waals surface area contributed by atoms with E-state index >= 15 is 0 Å². The molecule has 0 spiro atoms. The first-order valence-corrected chi connectivity index (χ1v) is 7.37. The van der Waals surface area contributed by atoms with E-state index in [4.69, 9.17) is 0 Å². The number of piperazine rings is 1. The number of amides is 1. The van der Waals surface area contributed by atoms with Crippen LogP contribution in [0, 0.1) is 17.2 Å². The van der Waals surface area contributed by atoms with Crippen LogP contribution in [0.3, 0.4) is 0 Å². The van der Waals surface area contributed by atoms with E-state index < -0.39 is 5.92 Å². The summed E-state index contributed by atoms with van der Waals surface area (Å²) in [4.78, 5) is 16.7. The molecule has 0 N–H and O–H groups in total. The topological polar surface area (TPSA) is 47.3 Å². The Morgan fingerprint density at radius 1 is 1.33 bits per heavy atom. The second-order valence-electron chi connectivity index (χ2n) is 6.37. The van der Waals surface area contributed by atoms with E-state index in [1.807, 2.05) is 35.2 Å². The third kappa shape index (κ3) is 3.62. The lowest BCUT2D eigenvalue weighted by molar-refractivity contribution is -0.138. The summed E-state index contributed by atoms with van der Waals surface area (Å²) in [5.74, 6) is -0.630. The third-order valence-electron chi connectivity index (χ3n) is 4.36. The zero-order chi connectivity index (χ0) is 15.5. The van der Waals surface area contributed by atoms with Crippen molar-refractivity contribution in [2.75, 3.05) is 26.7 Å². The predicted octanol–water partition coefficient (Wildman–Crippen LogP) is 1.92. The molecule has 0 bridgehead atoms. The van der Waals surface area contributed by atoms with Crippen LogP contribution < -0.4 is 0 Å². The van der Waals surface area contributed by atoms with E-state index in [9.17, 15) is 10.1 Å². The highest BCUT2D eigenvalue weighted by molar-refractivity contribution is 5.81. The molecule has 1 aromatic carbocycles. The first-order valence-electron chi connectivity index (χ1n) is 7.37. The smallest absolute Gasteiger partial charge is 0.240 e. The van der Waals surface area contributed by atoms with E-state index in [1.165, 1.54) is 0 Å². The second kappa shape index (κ2) is 6.28. The molecule has 1 saturated heterocycles. The molecule has 1 fully saturated rings. The van der Waals surface area contributed by atoms with Crippen LogP contribution in [0.4, 0.5) is 0 Å². The van der Waals surface area contributed by atoms with Crippen molar-refractivity contribution in [3.05, 3.63) is 35.9 Å². The molecule has 4 heteroatoms. The lowest BCUT2D eigenvalue weighted by Crippen LogP contribution is -2.59. The quantitative estimate of drug-likeness (QED) is 0.852. The van der Waals surface area contributed by atoms with Crippen LogP contribution >= 0.6 is 0 Å². The average molecular weight is 285 g/mol. The predicted molar refractivity (Wildman–Crippen MR) is 82.5 cm³/mol. The molecule has 1 aliphatic heterocycles. The number of likely N-dealkylation sites (N-methyl/N-ethyl adjacent to an activating group) is 1. The molecule has 1 aliphatic rings. The van der Waals surface area contributed by atoms with Crippen molar-refractivity contribution < 1.29 is 4.79 Å². The molecule has 1 atom stereocenters. The standard InChI is InChI=1S/C17H23N3O/c1-17(2)13-20(10-9-19(17)3)16(21)15(12-18)11-14-7-5-4-6-8-14/h4-8,15H,9-11,13H2,1-3H3. The van der Waals surface area contributed by atoms with Crippen molar-refractivity contribution in [3.8, 4) is 6.07 Å². The summed E-state index contributed by atoms with van der Waals surface area (Å²) in [5.41, 5.74) is 0.992. The van der Waals surface area contributed by atoms with Gasteiger partial charge in [-0.15, -0.1) is 0 Å². The van der Waals surface area contributed by atoms with Crippen molar-refractivity contribution in [1.29, 1.82) is 5.26 Å². The first kappa shape index (κ1) is 15.5. The minimum Gasteiger partial charge on any atom is -0.338 e. The number of hydrogen-bond acceptors (Lipinski definition) is 3. The fourth-order valence-corrected chi connectivity index (χ4v) is 2.69. The average Bonchev–Trinajstić information content (AvgIpc) is 2.48. The Kier molecular flexibility index (Phi) is 4.64. The van der Waals surface area contributed by atoms with E-state index in [0.717, 1.165) is 12.1 Å². The Morgan fingerprint density at radius 2 is 2.00 bits per heavy atom. The summed E-state index contributed by atoms with van der Waals surface area (Å²) in [5, 5.41) is 9.36. The summed E-state index contributed by atoms with van der Waals surface area (Å²) in [6.45, 7) is 6.49. The number of rotatable bonds is 3. The highest BCUT2D eigenvalue weighted by Gasteiger charge is 2.35. The summed E-state index contributed by atoms with van der Waals surface area (Å²) in [7, 11) is 2.08. The van der Waals surface area contributed by atoms with E-state index in [0.29, 0.717) is 19.5 Å². The van der Waals surface area contributed by atoms with Gasteiger partial charge in [0.1, 0.15) is 5.92 Å². The minimum atomic E-state index is -0.591. The molecule has 1 amide bonds. The molecule has 1 unspecified atom stereocenters. The molecule has 0 aromatic heterocycles. The Morgan fingerprint density at radius 3 is 2.57 bits per heavy atom. The van der Waals surface area contributed by atoms with Crippen molar-refractivity contribution in [2.24, 2.45) is 5.92 Å². The van der Waals surface area contributed by atoms with Gasteiger partial charge in [-0.3, -0.25) is 9.69 Å². The van der Waals surface area contributed by atoms with Gasteiger partial charge in [0.05, 0.1) is 6.07 Å². The fraction of sp³-hybridized carbons (Fsp3) is 0.529.